The van der Waals surface area contributed by atoms with Gasteiger partial charge >= 0.3 is 0 Å². The van der Waals surface area contributed by atoms with Gasteiger partial charge in [0.1, 0.15) is 12.0 Å². The highest BCUT2D eigenvalue weighted by Gasteiger charge is 2.23. The average molecular weight is 616 g/mol. The molecule has 0 radical (unpaired) electrons. The summed E-state index contributed by atoms with van der Waals surface area (Å²) >= 11 is 0. The molecule has 1 heterocycles. The second-order valence-corrected chi connectivity index (χ2v) is 12.5. The summed E-state index contributed by atoms with van der Waals surface area (Å²) in [5, 5.41) is 11.1. The molecule has 1 aliphatic heterocycles. The summed E-state index contributed by atoms with van der Waals surface area (Å²) < 4.78 is 0. The standard InChI is InChI=1S/C45H33N3/c1-3-14-32(15-4-1)43-46-44(33-16-5-2-6-17-33)48-45(47-43)36-25-27-41(40-21-11-18-30-12-7-10-20-38(30)40)42(29-36)35-24-26-39-34(28-35)23-22-31-13-8-9-19-37(31)39/h1-5,7-16,18-29,43H,6,17H2,(H,46,47,48). The van der Waals surface area contributed by atoms with Gasteiger partial charge in [-0.15, -0.1) is 0 Å². The van der Waals surface area contributed by atoms with E-state index >= 15 is 0 Å². The van der Waals surface area contributed by atoms with Crippen LogP contribution in [0.5, 0.6) is 0 Å². The molecule has 9 rings (SSSR count). The van der Waals surface area contributed by atoms with Gasteiger partial charge in [0.15, 0.2) is 5.84 Å². The van der Waals surface area contributed by atoms with Crippen LogP contribution >= 0.6 is 0 Å². The van der Waals surface area contributed by atoms with Crippen LogP contribution in [0, 0.1) is 0 Å². The van der Waals surface area contributed by atoms with Crippen LogP contribution in [0.15, 0.2) is 179 Å². The fourth-order valence-electron chi connectivity index (χ4n) is 7.15. The van der Waals surface area contributed by atoms with E-state index in [1.165, 1.54) is 54.6 Å². The summed E-state index contributed by atoms with van der Waals surface area (Å²) in [5.74, 6) is 1.64. The SMILES string of the molecule is C1=CCCC(C2=NC(c3ccc(-c4cccc5ccccc45)c(-c4ccc5c(ccc6ccccc65)c4)c3)=NC(c3ccccc3)N2)=C1. The number of nitrogens with zero attached hydrogens (tertiary/aromatic N) is 2. The van der Waals surface area contributed by atoms with Crippen molar-refractivity contribution < 1.29 is 0 Å². The Bertz CT molecular complexity index is 2480. The molecule has 0 saturated heterocycles. The van der Waals surface area contributed by atoms with Crippen LogP contribution in [0.2, 0.25) is 0 Å². The maximum Gasteiger partial charge on any atom is 0.159 e. The van der Waals surface area contributed by atoms with Gasteiger partial charge in [-0.3, -0.25) is 0 Å². The van der Waals surface area contributed by atoms with Gasteiger partial charge in [0.05, 0.1) is 0 Å². The third-order valence-corrected chi connectivity index (χ3v) is 9.59. The van der Waals surface area contributed by atoms with E-state index in [2.05, 4.69) is 163 Å². The second-order valence-electron chi connectivity index (χ2n) is 12.5. The zero-order valence-electron chi connectivity index (χ0n) is 26.5. The number of allylic oxidation sites excluding steroid dienone is 3. The molecule has 0 saturated carbocycles. The van der Waals surface area contributed by atoms with Crippen molar-refractivity contribution in [1.82, 2.24) is 5.32 Å². The molecule has 0 bridgehead atoms. The summed E-state index contributed by atoms with van der Waals surface area (Å²) in [6, 6.07) is 52.4. The van der Waals surface area contributed by atoms with Gasteiger partial charge in [-0.2, -0.15) is 0 Å². The minimum atomic E-state index is -0.226. The van der Waals surface area contributed by atoms with E-state index in [0.29, 0.717) is 0 Å². The van der Waals surface area contributed by atoms with E-state index < -0.39 is 0 Å². The van der Waals surface area contributed by atoms with Crippen LogP contribution < -0.4 is 5.32 Å². The number of benzene rings is 7. The molecule has 1 unspecified atom stereocenters. The summed E-state index contributed by atoms with van der Waals surface area (Å²) in [4.78, 5) is 10.4. The van der Waals surface area contributed by atoms with Crippen molar-refractivity contribution in [3.8, 4) is 22.3 Å². The van der Waals surface area contributed by atoms with Crippen LogP contribution in [0.25, 0.3) is 54.6 Å². The quantitative estimate of drug-likeness (QED) is 0.192. The Morgan fingerprint density at radius 2 is 1.27 bits per heavy atom. The lowest BCUT2D eigenvalue weighted by molar-refractivity contribution is 0.671. The molecule has 2 aliphatic rings. The Morgan fingerprint density at radius 3 is 2.12 bits per heavy atom. The van der Waals surface area contributed by atoms with Crippen molar-refractivity contribution >= 4 is 44.0 Å². The molecule has 1 N–H and O–H groups in total. The number of fused-ring (bicyclic) bond motifs is 4. The molecule has 0 aromatic heterocycles. The van der Waals surface area contributed by atoms with E-state index in [4.69, 9.17) is 9.98 Å². The van der Waals surface area contributed by atoms with E-state index in [0.717, 1.165) is 41.2 Å². The smallest absolute Gasteiger partial charge is 0.159 e. The van der Waals surface area contributed by atoms with Crippen LogP contribution in [0.3, 0.4) is 0 Å². The van der Waals surface area contributed by atoms with Crippen molar-refractivity contribution in [2.24, 2.45) is 9.98 Å². The lowest BCUT2D eigenvalue weighted by Crippen LogP contribution is -2.34. The Morgan fingerprint density at radius 1 is 0.542 bits per heavy atom. The number of aliphatic imine (C=N–C) groups is 2. The second kappa shape index (κ2) is 11.9. The maximum atomic E-state index is 5.21. The van der Waals surface area contributed by atoms with Crippen LogP contribution in [-0.2, 0) is 0 Å². The number of hydrogen-bond acceptors (Lipinski definition) is 3. The van der Waals surface area contributed by atoms with E-state index in [9.17, 15) is 0 Å². The normalized spacial score (nSPS) is 16.0. The molecule has 0 amide bonds. The first kappa shape index (κ1) is 28.2. The summed E-state index contributed by atoms with van der Waals surface area (Å²) in [5.41, 5.74) is 8.05. The minimum Gasteiger partial charge on any atom is -0.344 e. The number of nitrogens with one attached hydrogen (secondary N) is 1. The number of amidine groups is 2. The van der Waals surface area contributed by atoms with Crippen LogP contribution in [-0.4, -0.2) is 11.7 Å². The van der Waals surface area contributed by atoms with E-state index in [1.807, 2.05) is 6.07 Å². The summed E-state index contributed by atoms with van der Waals surface area (Å²) in [6.45, 7) is 0. The van der Waals surface area contributed by atoms with E-state index in [-0.39, 0.29) is 6.17 Å². The zero-order valence-corrected chi connectivity index (χ0v) is 26.5. The van der Waals surface area contributed by atoms with Gasteiger partial charge in [0.2, 0.25) is 0 Å². The van der Waals surface area contributed by atoms with Crippen LogP contribution in [0.4, 0.5) is 0 Å². The number of rotatable bonds is 5. The number of hydrogen-bond donors (Lipinski definition) is 1. The van der Waals surface area contributed by atoms with Crippen LogP contribution in [0.1, 0.15) is 30.1 Å². The predicted molar refractivity (Wildman–Crippen MR) is 203 cm³/mol. The third-order valence-electron chi connectivity index (χ3n) is 9.59. The molecule has 0 spiro atoms. The maximum absolute atomic E-state index is 5.21. The van der Waals surface area contributed by atoms with Gasteiger partial charge < -0.3 is 5.32 Å². The van der Waals surface area contributed by atoms with Gasteiger partial charge in [0.25, 0.3) is 0 Å². The minimum absolute atomic E-state index is 0.226. The first-order valence-corrected chi connectivity index (χ1v) is 16.7. The highest BCUT2D eigenvalue weighted by Crippen LogP contribution is 2.39. The van der Waals surface area contributed by atoms with Crippen molar-refractivity contribution in [2.75, 3.05) is 0 Å². The zero-order chi connectivity index (χ0) is 31.9. The lowest BCUT2D eigenvalue weighted by Gasteiger charge is -2.25. The highest BCUT2D eigenvalue weighted by molar-refractivity contribution is 6.14. The average Bonchev–Trinajstić information content (AvgIpc) is 3.17. The van der Waals surface area contributed by atoms with Gasteiger partial charge in [-0.1, -0.05) is 152 Å². The molecular weight excluding hydrogens is 583 g/mol. The molecule has 0 fully saturated rings. The molecule has 228 valence electrons. The molecule has 3 nitrogen and oxygen atoms in total. The monoisotopic (exact) mass is 615 g/mol. The molecule has 48 heavy (non-hydrogen) atoms. The van der Waals surface area contributed by atoms with Crippen molar-refractivity contribution in [1.29, 1.82) is 0 Å². The highest BCUT2D eigenvalue weighted by atomic mass is 15.2. The largest absolute Gasteiger partial charge is 0.344 e. The first-order valence-electron chi connectivity index (χ1n) is 16.7. The van der Waals surface area contributed by atoms with E-state index in [1.54, 1.807) is 0 Å². The molecule has 1 aliphatic carbocycles. The Labute approximate surface area is 280 Å². The predicted octanol–water partition coefficient (Wildman–Crippen LogP) is 11.2. The lowest BCUT2D eigenvalue weighted by atomic mass is 9.89. The fraction of sp³-hybridized carbons (Fsp3) is 0.0667. The molecular formula is C45H33N3. The Kier molecular flexibility index (Phi) is 7.01. The Hall–Kier alpha value is -6.06. The van der Waals surface area contributed by atoms with Crippen molar-refractivity contribution in [3.63, 3.8) is 0 Å². The van der Waals surface area contributed by atoms with Crippen molar-refractivity contribution in [3.05, 3.63) is 181 Å². The van der Waals surface area contributed by atoms with Gasteiger partial charge in [-0.05, 0) is 90.7 Å². The summed E-state index contributed by atoms with van der Waals surface area (Å²) in [7, 11) is 0. The Balaban J connectivity index is 1.25. The third kappa shape index (κ3) is 5.10. The first-order chi connectivity index (χ1) is 23.8. The van der Waals surface area contributed by atoms with Crippen molar-refractivity contribution in [2.45, 2.75) is 19.0 Å². The topological polar surface area (TPSA) is 36.8 Å². The molecule has 3 heteroatoms. The molecule has 1 atom stereocenters. The molecule has 7 aromatic carbocycles. The van der Waals surface area contributed by atoms with Gasteiger partial charge in [-0.25, -0.2) is 9.98 Å². The summed E-state index contributed by atoms with van der Waals surface area (Å²) in [6.07, 6.45) is 8.25. The van der Waals surface area contributed by atoms with Gasteiger partial charge in [0, 0.05) is 5.56 Å². The molecule has 7 aromatic rings. The fourth-order valence-corrected chi connectivity index (χ4v) is 7.15.